The Morgan fingerprint density at radius 3 is 1.56 bits per heavy atom. The molecule has 436 valence electrons. The summed E-state index contributed by atoms with van der Waals surface area (Å²) in [4.78, 5) is 41.0. The van der Waals surface area contributed by atoms with Gasteiger partial charge in [0.25, 0.3) is 0 Å². The van der Waals surface area contributed by atoms with Crippen molar-refractivity contribution < 1.29 is 31.9 Å². The first-order valence-electron chi connectivity index (χ1n) is 29.8. The number of Topliss-reactive ketones (excluding diaryl/α,β-unsaturated/α-hetero) is 2. The second-order valence-electron chi connectivity index (χ2n) is 24.5. The van der Waals surface area contributed by atoms with Crippen molar-refractivity contribution in [1.29, 1.82) is 0 Å². The normalized spacial score (nSPS) is 18.8. The van der Waals surface area contributed by atoms with Crippen LogP contribution in [-0.4, -0.2) is 34.7 Å². The van der Waals surface area contributed by atoms with Crippen LogP contribution in [-0.2, 0) is 96.5 Å². The van der Waals surface area contributed by atoms with Crippen LogP contribution < -0.4 is 16.4 Å². The molecule has 0 fully saturated rings. The van der Waals surface area contributed by atoms with Gasteiger partial charge in [0, 0.05) is 65.3 Å². The van der Waals surface area contributed by atoms with E-state index in [0.29, 0.717) is 37.9 Å². The summed E-state index contributed by atoms with van der Waals surface area (Å²) in [5.74, 6) is -0.173. The molecule has 2 amide bonds. The number of carbonyl (C=O) groups excluding carboxylic acids is 3. The quantitative estimate of drug-likeness (QED) is 0.149. The molecule has 0 bridgehead atoms. The lowest BCUT2D eigenvalue weighted by Crippen LogP contribution is -2.55. The number of nitrogens with zero attached hydrogens (tertiary/aromatic N) is 1. The maximum atomic E-state index is 14.0. The number of halogens is 5. The van der Waals surface area contributed by atoms with E-state index in [9.17, 15) is 31.9 Å². The topological polar surface area (TPSA) is 114 Å². The maximum Gasteiger partial charge on any atom is 0.319 e. The molecule has 1 aromatic heterocycles. The summed E-state index contributed by atoms with van der Waals surface area (Å²) < 4.78 is 53.7. The molecule has 4 N–H and O–H groups in total. The molecule has 7 aliphatic carbocycles. The van der Waals surface area contributed by atoms with Crippen LogP contribution in [0.5, 0.6) is 0 Å². The average Bonchev–Trinajstić information content (AvgIpc) is 1.65. The molecule has 0 aliphatic heterocycles. The highest BCUT2D eigenvalue weighted by atomic mass is 35.5. The van der Waals surface area contributed by atoms with Crippen LogP contribution in [0.15, 0.2) is 182 Å². The van der Waals surface area contributed by atoms with Gasteiger partial charge in [0.05, 0.1) is 11.1 Å². The number of urea groups is 1. The number of hydrogen-bond donors (Lipinski definition) is 3. The zero-order valence-electron chi connectivity index (χ0n) is 47.8. The van der Waals surface area contributed by atoms with Crippen molar-refractivity contribution in [3.63, 3.8) is 0 Å². The van der Waals surface area contributed by atoms with Gasteiger partial charge < -0.3 is 16.4 Å². The van der Waals surface area contributed by atoms with E-state index < -0.39 is 5.41 Å². The molecule has 0 radical (unpaired) electrons. The zero-order chi connectivity index (χ0) is 58.5. The largest absolute Gasteiger partial charge is 0.334 e. The highest BCUT2D eigenvalue weighted by Crippen LogP contribution is 2.50. The number of anilines is 1. The van der Waals surface area contributed by atoms with Gasteiger partial charge in [0.15, 0.2) is 0 Å². The maximum absolute atomic E-state index is 14.0. The Morgan fingerprint density at radius 1 is 0.477 bits per heavy atom. The van der Waals surface area contributed by atoms with Gasteiger partial charge in [-0.3, -0.25) is 14.6 Å². The number of aryl methyl sites for hydroxylation is 4. The number of nitrogens with one attached hydrogen (secondary N) is 2. The van der Waals surface area contributed by atoms with Crippen molar-refractivity contribution in [2.45, 2.75) is 125 Å². The number of hydrogen-bond acceptors (Lipinski definition) is 5. The molecule has 3 spiro atoms. The number of nitrogens with two attached hydrogens (primary N) is 1. The molecule has 16 rings (SSSR count). The first-order valence-corrected chi connectivity index (χ1v) is 29.8. The Kier molecular flexibility index (Phi) is 16.2. The zero-order valence-corrected chi connectivity index (χ0v) is 48.6. The lowest BCUT2D eigenvalue weighted by Gasteiger charge is -2.43. The van der Waals surface area contributed by atoms with Crippen molar-refractivity contribution in [1.82, 2.24) is 10.3 Å². The first-order chi connectivity index (χ1) is 41.3. The lowest BCUT2D eigenvalue weighted by atomic mass is 9.65. The van der Waals surface area contributed by atoms with E-state index in [0.717, 1.165) is 120 Å². The fourth-order valence-corrected chi connectivity index (χ4v) is 15.4. The minimum Gasteiger partial charge on any atom is -0.334 e. The summed E-state index contributed by atoms with van der Waals surface area (Å²) in [6.07, 6.45) is 15.0. The third kappa shape index (κ3) is 11.0. The van der Waals surface area contributed by atoms with Gasteiger partial charge in [-0.25, -0.2) is 22.4 Å². The monoisotopic (exact) mass is 1170 g/mol. The van der Waals surface area contributed by atoms with Crippen molar-refractivity contribution in [2.24, 2.45) is 5.73 Å². The Labute approximate surface area is 505 Å². The number of benzene rings is 8. The first kappa shape index (κ1) is 58.1. The smallest absolute Gasteiger partial charge is 0.319 e. The minimum absolute atomic E-state index is 0. The molecule has 7 nitrogen and oxygen atoms in total. The molecule has 12 heteroatoms. The fraction of sp³-hybridized carbons (Fsp3) is 0.270. The van der Waals surface area contributed by atoms with Gasteiger partial charge in [0.2, 0.25) is 0 Å². The number of aromatic nitrogens is 1. The van der Waals surface area contributed by atoms with Crippen LogP contribution in [0.3, 0.4) is 0 Å². The minimum atomic E-state index is -0.440. The van der Waals surface area contributed by atoms with Crippen LogP contribution in [0.25, 0.3) is 10.8 Å². The van der Waals surface area contributed by atoms with Crippen LogP contribution in [0, 0.1) is 23.3 Å². The van der Waals surface area contributed by atoms with E-state index in [-0.39, 0.29) is 70.4 Å². The van der Waals surface area contributed by atoms with Crippen molar-refractivity contribution >= 4 is 46.5 Å². The summed E-state index contributed by atoms with van der Waals surface area (Å²) in [5, 5.41) is 8.28. The van der Waals surface area contributed by atoms with Gasteiger partial charge >= 0.3 is 6.03 Å². The van der Waals surface area contributed by atoms with Gasteiger partial charge in [-0.15, -0.1) is 12.4 Å². The number of amides is 2. The molecule has 0 saturated carbocycles. The SMILES string of the molecule is Cl.NC1CCc2cc(F)ccc2C12Cc1ccccc1C2.O=C(Nc1cccc2cnccc12)NC1CCc2cc(F)ccc2C12Cc1ccccc1C2.O=C1CCc2cc(F)ccc2C1.O=C1CCc2cc(F)ccc2C12Cc1ccccc1C2. The van der Waals surface area contributed by atoms with E-state index in [2.05, 4.69) is 76.3 Å². The highest BCUT2D eigenvalue weighted by Gasteiger charge is 2.50. The third-order valence-corrected chi connectivity index (χ3v) is 19.6. The van der Waals surface area contributed by atoms with E-state index in [4.69, 9.17) is 5.73 Å². The predicted octanol–water partition coefficient (Wildman–Crippen LogP) is 14.4. The van der Waals surface area contributed by atoms with Gasteiger partial charge in [-0.05, 0) is 216 Å². The predicted molar refractivity (Wildman–Crippen MR) is 332 cm³/mol. The van der Waals surface area contributed by atoms with Crippen LogP contribution >= 0.6 is 12.4 Å². The second-order valence-corrected chi connectivity index (χ2v) is 24.5. The van der Waals surface area contributed by atoms with Crippen molar-refractivity contribution in [3.8, 4) is 0 Å². The average molecular weight is 1170 g/mol. The van der Waals surface area contributed by atoms with E-state index in [1.54, 1.807) is 48.8 Å². The molecule has 7 aliphatic rings. The van der Waals surface area contributed by atoms with Gasteiger partial charge in [-0.1, -0.05) is 109 Å². The van der Waals surface area contributed by atoms with Crippen LogP contribution in [0.4, 0.5) is 28.0 Å². The molecule has 2 atom stereocenters. The van der Waals surface area contributed by atoms with E-state index >= 15 is 0 Å². The van der Waals surface area contributed by atoms with Crippen molar-refractivity contribution in [3.05, 3.63) is 283 Å². The molecule has 86 heavy (non-hydrogen) atoms. The summed E-state index contributed by atoms with van der Waals surface area (Å²) in [6.45, 7) is 0. The third-order valence-electron chi connectivity index (χ3n) is 19.6. The van der Waals surface area contributed by atoms with E-state index in [1.165, 1.54) is 57.1 Å². The summed E-state index contributed by atoms with van der Waals surface area (Å²) in [6, 6.07) is 52.9. The number of pyridine rings is 1. The number of carbonyl (C=O) groups is 3. The standard InChI is InChI=1S/C28H24FN3O.C18H18FN.C18H15FO.C10H9FO.ClH/c29-22-9-10-24-18(14-22)8-11-26(28(24)15-19-4-1-2-5-20(19)16-28)32-27(33)31-25-7-3-6-21-17-30-13-12-23(21)25;2*19-15-6-7-16-12(9-15)5-8-17(20)18(16)10-13-3-1-2-4-14(13)11-18;11-9-3-1-8-6-10(12)4-2-7(8)5-9;/h1-7,9-10,12-14,17,26H,8,11,15-16H2,(H2,31,32,33);1-4,6-7,9,17H,5,8,10-11,20H2;1-4,6-7,9H,5,8,10-11H2;1,3,5H,2,4,6H2;1H. The Bertz CT molecular complexity index is 4030. The highest BCUT2D eigenvalue weighted by molar-refractivity contribution is 6.01. The Morgan fingerprint density at radius 2 is 0.965 bits per heavy atom. The molecule has 1 heterocycles. The number of fused-ring (bicyclic) bond motifs is 11. The molecular formula is C74H67ClF4N4O3. The Hall–Kier alpha value is -8.25. The molecule has 0 saturated heterocycles. The second kappa shape index (κ2) is 23.9. The molecule has 8 aromatic carbocycles. The summed E-state index contributed by atoms with van der Waals surface area (Å²) in [5.41, 5.74) is 23.2. The summed E-state index contributed by atoms with van der Waals surface area (Å²) >= 11 is 0. The number of rotatable bonds is 2. The van der Waals surface area contributed by atoms with Crippen LogP contribution in [0.2, 0.25) is 0 Å². The summed E-state index contributed by atoms with van der Waals surface area (Å²) in [7, 11) is 0. The molecule has 2 unspecified atom stereocenters. The van der Waals surface area contributed by atoms with Crippen LogP contribution in [0.1, 0.15) is 104 Å². The fourth-order valence-electron chi connectivity index (χ4n) is 15.4. The van der Waals surface area contributed by atoms with Gasteiger partial charge in [-0.2, -0.15) is 0 Å². The molecule has 9 aromatic rings. The van der Waals surface area contributed by atoms with Gasteiger partial charge in [0.1, 0.15) is 34.8 Å². The van der Waals surface area contributed by atoms with E-state index in [1.807, 2.05) is 54.6 Å². The molecular weight excluding hydrogens is 1100 g/mol. The Balaban J connectivity index is 0.000000119. The van der Waals surface area contributed by atoms with Crippen molar-refractivity contribution in [2.75, 3.05) is 5.32 Å². The lowest BCUT2D eigenvalue weighted by molar-refractivity contribution is -0.125. The number of ketones is 2.